The van der Waals surface area contributed by atoms with E-state index in [0.717, 1.165) is 39.1 Å². The van der Waals surface area contributed by atoms with Gasteiger partial charge in [-0.15, -0.1) is 0 Å². The first kappa shape index (κ1) is 15.5. The van der Waals surface area contributed by atoms with Crippen LogP contribution in [-0.2, 0) is 12.5 Å². The van der Waals surface area contributed by atoms with Crippen molar-refractivity contribution in [3.63, 3.8) is 0 Å². The highest BCUT2D eigenvalue weighted by molar-refractivity contribution is 5.75. The van der Waals surface area contributed by atoms with Gasteiger partial charge in [0.15, 0.2) is 6.20 Å². The molecule has 1 aromatic heterocycles. The second-order valence-electron chi connectivity index (χ2n) is 8.93. The number of nitrogens with zero attached hydrogens (tertiary/aromatic N) is 1. The minimum atomic E-state index is -2.21. The molecular formula is C27H34N+. The van der Waals surface area contributed by atoms with Gasteiger partial charge in [0.1, 0.15) is 7.05 Å². The zero-order valence-electron chi connectivity index (χ0n) is 22.1. The molecule has 0 saturated heterocycles. The van der Waals surface area contributed by atoms with E-state index >= 15 is 0 Å². The third kappa shape index (κ3) is 3.90. The number of hydrogen-bond acceptors (Lipinski definition) is 0. The topological polar surface area (TPSA) is 3.88 Å². The van der Waals surface area contributed by atoms with Crippen LogP contribution in [0.4, 0.5) is 0 Å². The van der Waals surface area contributed by atoms with Crippen molar-refractivity contribution in [3.8, 4) is 22.4 Å². The van der Waals surface area contributed by atoms with Crippen LogP contribution in [0.2, 0.25) is 0 Å². The molecule has 0 aliphatic carbocycles. The van der Waals surface area contributed by atoms with Gasteiger partial charge in [-0.1, -0.05) is 71.0 Å². The fourth-order valence-corrected chi connectivity index (χ4v) is 3.77. The van der Waals surface area contributed by atoms with E-state index in [1.807, 2.05) is 64.2 Å². The summed E-state index contributed by atoms with van der Waals surface area (Å²) in [6.45, 7) is 10.1. The standard InChI is InChI=1S/C27H34N/c1-18(2)22-16-26(28(8)17-25(22)27(5,6)7)24-15-23(19(3)14-20(24)4)21-12-10-9-11-13-21/h9-18H,1-8H3/q+1/i3D3,18D. The first-order chi connectivity index (χ1) is 14.6. The fraction of sp³-hybridized carbons (Fsp3) is 0.370. The van der Waals surface area contributed by atoms with E-state index in [9.17, 15) is 0 Å². The van der Waals surface area contributed by atoms with E-state index in [-0.39, 0.29) is 5.41 Å². The van der Waals surface area contributed by atoms with Gasteiger partial charge >= 0.3 is 0 Å². The molecule has 0 spiro atoms. The monoisotopic (exact) mass is 376 g/mol. The lowest BCUT2D eigenvalue weighted by atomic mass is 9.81. The lowest BCUT2D eigenvalue weighted by Crippen LogP contribution is -2.34. The Morgan fingerprint density at radius 1 is 0.964 bits per heavy atom. The van der Waals surface area contributed by atoms with Crippen molar-refractivity contribution in [2.75, 3.05) is 0 Å². The number of pyridine rings is 1. The highest BCUT2D eigenvalue weighted by atomic mass is 14.9. The van der Waals surface area contributed by atoms with E-state index in [1.165, 1.54) is 0 Å². The molecule has 0 amide bonds. The number of hydrogen-bond donors (Lipinski definition) is 0. The summed E-state index contributed by atoms with van der Waals surface area (Å²) in [6.07, 6.45) is 2.13. The Balaban J connectivity index is 2.36. The van der Waals surface area contributed by atoms with E-state index < -0.39 is 12.7 Å². The minimum Gasteiger partial charge on any atom is -0.201 e. The van der Waals surface area contributed by atoms with Crippen LogP contribution in [0.3, 0.4) is 0 Å². The van der Waals surface area contributed by atoms with Gasteiger partial charge in [-0.2, -0.15) is 0 Å². The third-order valence-corrected chi connectivity index (χ3v) is 5.35. The molecule has 0 atom stereocenters. The molecule has 0 aliphatic heterocycles. The highest BCUT2D eigenvalue weighted by Gasteiger charge is 2.26. The van der Waals surface area contributed by atoms with E-state index in [1.54, 1.807) is 6.07 Å². The molecule has 1 heterocycles. The maximum absolute atomic E-state index is 8.79. The third-order valence-electron chi connectivity index (χ3n) is 5.35. The van der Waals surface area contributed by atoms with Crippen molar-refractivity contribution in [3.05, 3.63) is 77.0 Å². The average Bonchev–Trinajstić information content (AvgIpc) is 2.66. The Bertz CT molecular complexity index is 1130. The molecule has 2 aromatic carbocycles. The average molecular weight is 377 g/mol. The predicted molar refractivity (Wildman–Crippen MR) is 121 cm³/mol. The van der Waals surface area contributed by atoms with Gasteiger partial charge in [-0.05, 0) is 59.0 Å². The normalized spacial score (nSPS) is 14.8. The van der Waals surface area contributed by atoms with Crippen molar-refractivity contribution in [2.45, 2.75) is 59.7 Å². The first-order valence-electron chi connectivity index (χ1n) is 11.9. The van der Waals surface area contributed by atoms with Crippen molar-refractivity contribution in [1.82, 2.24) is 0 Å². The minimum absolute atomic E-state index is 0.0979. The second kappa shape index (κ2) is 7.54. The van der Waals surface area contributed by atoms with Gasteiger partial charge in [0.25, 0.3) is 0 Å². The first-order valence-corrected chi connectivity index (χ1v) is 9.86. The summed E-state index contributed by atoms with van der Waals surface area (Å²) in [7, 11) is 2.02. The number of aryl methyl sites for hydroxylation is 3. The number of benzene rings is 2. The van der Waals surface area contributed by atoms with Gasteiger partial charge < -0.3 is 0 Å². The van der Waals surface area contributed by atoms with Crippen LogP contribution in [0.25, 0.3) is 22.4 Å². The molecular weight excluding hydrogens is 338 g/mol. The predicted octanol–water partition coefficient (Wildman–Crippen LogP) is 6.88. The Labute approximate surface area is 176 Å². The molecule has 0 fully saturated rings. The molecule has 0 aliphatic rings. The maximum Gasteiger partial charge on any atom is 0.212 e. The molecule has 1 nitrogen and oxygen atoms in total. The van der Waals surface area contributed by atoms with E-state index in [2.05, 4.69) is 37.6 Å². The van der Waals surface area contributed by atoms with Crippen molar-refractivity contribution in [1.29, 1.82) is 0 Å². The summed E-state index contributed by atoms with van der Waals surface area (Å²) in [5, 5.41) is 0. The Morgan fingerprint density at radius 2 is 1.64 bits per heavy atom. The zero-order valence-corrected chi connectivity index (χ0v) is 18.1. The summed E-state index contributed by atoms with van der Waals surface area (Å²) in [4.78, 5) is 0. The van der Waals surface area contributed by atoms with Crippen LogP contribution in [0.5, 0.6) is 0 Å². The van der Waals surface area contributed by atoms with Gasteiger partial charge in [0.2, 0.25) is 5.69 Å². The molecule has 0 saturated carbocycles. The summed E-state index contributed by atoms with van der Waals surface area (Å²) in [6, 6.07) is 15.6. The van der Waals surface area contributed by atoms with Crippen molar-refractivity contribution < 1.29 is 10.1 Å². The molecule has 3 rings (SSSR count). The lowest BCUT2D eigenvalue weighted by molar-refractivity contribution is -0.661. The summed E-state index contributed by atoms with van der Waals surface area (Å²) >= 11 is 0. The second-order valence-corrected chi connectivity index (χ2v) is 8.93. The fourth-order valence-electron chi connectivity index (χ4n) is 3.77. The quantitative estimate of drug-likeness (QED) is 0.438. The zero-order chi connectivity index (χ0) is 24.1. The van der Waals surface area contributed by atoms with Crippen LogP contribution in [0.15, 0.2) is 54.7 Å². The lowest BCUT2D eigenvalue weighted by Gasteiger charge is -2.24. The number of aromatic nitrogens is 1. The molecule has 0 N–H and O–H groups in total. The number of rotatable bonds is 3. The van der Waals surface area contributed by atoms with Gasteiger partial charge in [-0.3, -0.25) is 0 Å². The molecule has 146 valence electrons. The SMILES string of the molecule is [2H]C([2H])([2H])c1cc(C)c(-c2cc(C([2H])(C)C)c(C(C)(C)C)c[n+]2C)cc1-c1ccccc1. The van der Waals surface area contributed by atoms with Crippen molar-refractivity contribution in [2.24, 2.45) is 7.05 Å². The summed E-state index contributed by atoms with van der Waals surface area (Å²) in [5.74, 6) is -0.763. The molecule has 0 unspecified atom stereocenters. The maximum atomic E-state index is 8.79. The molecule has 0 radical (unpaired) electrons. The van der Waals surface area contributed by atoms with Crippen LogP contribution >= 0.6 is 0 Å². The molecule has 0 bridgehead atoms. The van der Waals surface area contributed by atoms with Gasteiger partial charge in [0, 0.05) is 22.7 Å². The Hall–Kier alpha value is -2.41. The van der Waals surface area contributed by atoms with E-state index in [0.29, 0.717) is 5.56 Å². The van der Waals surface area contributed by atoms with Crippen molar-refractivity contribution >= 4 is 0 Å². The van der Waals surface area contributed by atoms with Crippen LogP contribution in [0.1, 0.15) is 68.2 Å². The molecule has 1 heteroatoms. The van der Waals surface area contributed by atoms with E-state index in [4.69, 9.17) is 5.48 Å². The van der Waals surface area contributed by atoms with Gasteiger partial charge in [-0.25, -0.2) is 4.57 Å². The molecule has 28 heavy (non-hydrogen) atoms. The largest absolute Gasteiger partial charge is 0.212 e. The Kier molecular flexibility index (Phi) is 4.18. The highest BCUT2D eigenvalue weighted by Crippen LogP contribution is 2.35. The summed E-state index contributed by atoms with van der Waals surface area (Å²) < 4.78 is 35.2. The van der Waals surface area contributed by atoms with Gasteiger partial charge in [0.05, 0.1) is 0 Å². The Morgan fingerprint density at radius 3 is 2.21 bits per heavy atom. The smallest absolute Gasteiger partial charge is 0.201 e. The molecule has 3 aromatic rings. The van der Waals surface area contributed by atoms with Crippen LogP contribution in [-0.4, -0.2) is 0 Å². The van der Waals surface area contributed by atoms with Crippen LogP contribution in [0, 0.1) is 13.8 Å². The van der Waals surface area contributed by atoms with Crippen LogP contribution < -0.4 is 4.57 Å². The summed E-state index contributed by atoms with van der Waals surface area (Å²) in [5.41, 5.74) is 6.85.